The van der Waals surface area contributed by atoms with Crippen LogP contribution in [0.1, 0.15) is 28.8 Å². The fourth-order valence-electron chi connectivity index (χ4n) is 2.79. The minimum atomic E-state index is 0.0575. The van der Waals surface area contributed by atoms with Gasteiger partial charge in [0.25, 0.3) is 5.91 Å². The fourth-order valence-corrected chi connectivity index (χ4v) is 2.79. The molecule has 3 rings (SSSR count). The van der Waals surface area contributed by atoms with Gasteiger partial charge in [-0.25, -0.2) is 0 Å². The number of rotatable bonds is 3. The van der Waals surface area contributed by atoms with Crippen LogP contribution in [0.3, 0.4) is 0 Å². The number of carbonyl (C=O) groups is 2. The number of likely N-dealkylation sites (tertiary alicyclic amines) is 1. The molecule has 0 atom stereocenters. The summed E-state index contributed by atoms with van der Waals surface area (Å²) in [5.74, 6) is 0.283. The molecule has 0 saturated carbocycles. The monoisotopic (exact) mass is 288 g/mol. The molecule has 2 aliphatic heterocycles. The average Bonchev–Trinajstić information content (AvgIpc) is 2.93. The molecule has 2 aliphatic rings. The molecule has 5 nitrogen and oxygen atoms in total. The van der Waals surface area contributed by atoms with Crippen molar-refractivity contribution >= 4 is 11.8 Å². The summed E-state index contributed by atoms with van der Waals surface area (Å²) in [6.45, 7) is 4.02. The Morgan fingerprint density at radius 2 is 1.81 bits per heavy atom. The van der Waals surface area contributed by atoms with Crippen LogP contribution in [0.15, 0.2) is 24.3 Å². The van der Waals surface area contributed by atoms with Crippen LogP contribution in [-0.4, -0.2) is 54.5 Å². The second-order valence-corrected chi connectivity index (χ2v) is 5.52. The molecule has 1 aromatic carbocycles. The molecule has 1 aromatic rings. The number of ether oxygens (including phenoxy) is 1. The number of carbonyl (C=O) groups excluding carboxylic acids is 2. The molecule has 2 amide bonds. The Kier molecular flexibility index (Phi) is 4.20. The smallest absolute Gasteiger partial charge is 0.254 e. The van der Waals surface area contributed by atoms with E-state index in [2.05, 4.69) is 0 Å². The predicted octanol–water partition coefficient (Wildman–Crippen LogP) is 1.28. The van der Waals surface area contributed by atoms with Crippen molar-refractivity contribution in [3.05, 3.63) is 35.4 Å². The first-order chi connectivity index (χ1) is 10.2. The molecule has 0 spiro atoms. The van der Waals surface area contributed by atoms with Crippen LogP contribution < -0.4 is 0 Å². The number of morpholine rings is 1. The van der Waals surface area contributed by atoms with Gasteiger partial charge in [0.2, 0.25) is 5.91 Å². The van der Waals surface area contributed by atoms with E-state index in [1.807, 2.05) is 34.1 Å². The molecule has 21 heavy (non-hydrogen) atoms. The first kappa shape index (κ1) is 14.1. The molecule has 2 fully saturated rings. The van der Waals surface area contributed by atoms with E-state index in [1.165, 1.54) is 0 Å². The summed E-state index contributed by atoms with van der Waals surface area (Å²) in [6.07, 6.45) is 1.61. The van der Waals surface area contributed by atoms with Gasteiger partial charge in [0.15, 0.2) is 0 Å². The molecule has 0 N–H and O–H groups in total. The predicted molar refractivity (Wildman–Crippen MR) is 77.8 cm³/mol. The van der Waals surface area contributed by atoms with Gasteiger partial charge in [-0.05, 0) is 24.1 Å². The lowest BCUT2D eigenvalue weighted by Gasteiger charge is -2.27. The first-order valence-electron chi connectivity index (χ1n) is 7.48. The van der Waals surface area contributed by atoms with Crippen LogP contribution in [0.25, 0.3) is 0 Å². The third-order valence-electron chi connectivity index (χ3n) is 4.04. The molecular weight excluding hydrogens is 268 g/mol. The zero-order valence-electron chi connectivity index (χ0n) is 12.1. The van der Waals surface area contributed by atoms with Gasteiger partial charge < -0.3 is 14.5 Å². The molecule has 0 unspecified atom stereocenters. The number of amides is 2. The zero-order valence-corrected chi connectivity index (χ0v) is 12.1. The third-order valence-corrected chi connectivity index (χ3v) is 4.04. The minimum absolute atomic E-state index is 0.0575. The number of hydrogen-bond donors (Lipinski definition) is 0. The molecule has 112 valence electrons. The van der Waals surface area contributed by atoms with Crippen LogP contribution >= 0.6 is 0 Å². The summed E-state index contributed by atoms with van der Waals surface area (Å²) in [7, 11) is 0. The summed E-state index contributed by atoms with van der Waals surface area (Å²) < 4.78 is 5.26. The Morgan fingerprint density at radius 3 is 2.43 bits per heavy atom. The number of hydrogen-bond acceptors (Lipinski definition) is 3. The summed E-state index contributed by atoms with van der Waals surface area (Å²) in [5.41, 5.74) is 1.78. The van der Waals surface area contributed by atoms with Crippen molar-refractivity contribution in [3.63, 3.8) is 0 Å². The normalized spacial score (nSPS) is 19.1. The summed E-state index contributed by atoms with van der Waals surface area (Å²) >= 11 is 0. The van der Waals surface area contributed by atoms with Crippen molar-refractivity contribution in [2.75, 3.05) is 32.8 Å². The van der Waals surface area contributed by atoms with Crippen molar-refractivity contribution in [3.8, 4) is 0 Å². The van der Waals surface area contributed by atoms with E-state index in [0.717, 1.165) is 18.5 Å². The Hall–Kier alpha value is -1.88. The lowest BCUT2D eigenvalue weighted by molar-refractivity contribution is -0.128. The lowest BCUT2D eigenvalue weighted by Crippen LogP contribution is -2.40. The van der Waals surface area contributed by atoms with Crippen LogP contribution in [0.5, 0.6) is 0 Å². The van der Waals surface area contributed by atoms with E-state index in [9.17, 15) is 9.59 Å². The highest BCUT2D eigenvalue weighted by Gasteiger charge is 2.21. The number of benzene rings is 1. The molecule has 5 heteroatoms. The molecule has 2 heterocycles. The fraction of sp³-hybridized carbons (Fsp3) is 0.500. The van der Waals surface area contributed by atoms with E-state index < -0.39 is 0 Å². The van der Waals surface area contributed by atoms with Crippen molar-refractivity contribution in [2.24, 2.45) is 0 Å². The Morgan fingerprint density at radius 1 is 1.10 bits per heavy atom. The largest absolute Gasteiger partial charge is 0.378 e. The van der Waals surface area contributed by atoms with E-state index in [4.69, 9.17) is 4.74 Å². The molecule has 0 aromatic heterocycles. The minimum Gasteiger partial charge on any atom is -0.378 e. The highest BCUT2D eigenvalue weighted by atomic mass is 16.5. The standard InChI is InChI=1S/C16H20N2O3/c19-15-2-1-7-18(15)12-13-3-5-14(6-4-13)16(20)17-8-10-21-11-9-17/h3-6H,1-2,7-12H2. The quantitative estimate of drug-likeness (QED) is 0.842. The Balaban J connectivity index is 1.63. The van der Waals surface area contributed by atoms with Gasteiger partial charge in [-0.2, -0.15) is 0 Å². The SMILES string of the molecule is O=C1CCCN1Cc1ccc(C(=O)N2CCOCC2)cc1. The Bertz CT molecular complexity index is 521. The topological polar surface area (TPSA) is 49.9 Å². The molecular formula is C16H20N2O3. The summed E-state index contributed by atoms with van der Waals surface area (Å²) in [6, 6.07) is 7.60. The maximum absolute atomic E-state index is 12.3. The second kappa shape index (κ2) is 6.26. The number of nitrogens with zero attached hydrogens (tertiary/aromatic N) is 2. The molecule has 0 bridgehead atoms. The molecule has 2 saturated heterocycles. The van der Waals surface area contributed by atoms with E-state index in [1.54, 1.807) is 0 Å². The molecule has 0 aliphatic carbocycles. The van der Waals surface area contributed by atoms with Crippen molar-refractivity contribution in [1.29, 1.82) is 0 Å². The van der Waals surface area contributed by atoms with Gasteiger partial charge in [-0.15, -0.1) is 0 Å². The third kappa shape index (κ3) is 3.24. The van der Waals surface area contributed by atoms with Gasteiger partial charge in [-0.3, -0.25) is 9.59 Å². The van der Waals surface area contributed by atoms with Crippen molar-refractivity contribution < 1.29 is 14.3 Å². The molecule has 0 radical (unpaired) electrons. The summed E-state index contributed by atoms with van der Waals surface area (Å²) in [5, 5.41) is 0. The van der Waals surface area contributed by atoms with E-state index in [0.29, 0.717) is 44.8 Å². The summed E-state index contributed by atoms with van der Waals surface area (Å²) in [4.78, 5) is 27.6. The average molecular weight is 288 g/mol. The zero-order chi connectivity index (χ0) is 14.7. The van der Waals surface area contributed by atoms with Crippen LogP contribution in [0.4, 0.5) is 0 Å². The van der Waals surface area contributed by atoms with Crippen molar-refractivity contribution in [1.82, 2.24) is 9.80 Å². The maximum atomic E-state index is 12.3. The van der Waals surface area contributed by atoms with Crippen molar-refractivity contribution in [2.45, 2.75) is 19.4 Å². The first-order valence-corrected chi connectivity index (χ1v) is 7.48. The van der Waals surface area contributed by atoms with Gasteiger partial charge in [0.1, 0.15) is 0 Å². The van der Waals surface area contributed by atoms with Gasteiger partial charge in [-0.1, -0.05) is 12.1 Å². The lowest BCUT2D eigenvalue weighted by atomic mass is 10.1. The van der Waals surface area contributed by atoms with Gasteiger partial charge >= 0.3 is 0 Å². The van der Waals surface area contributed by atoms with Gasteiger partial charge in [0, 0.05) is 38.2 Å². The second-order valence-electron chi connectivity index (χ2n) is 5.52. The highest BCUT2D eigenvalue weighted by Crippen LogP contribution is 2.15. The van der Waals surface area contributed by atoms with Crippen LogP contribution in [0.2, 0.25) is 0 Å². The van der Waals surface area contributed by atoms with E-state index >= 15 is 0 Å². The van der Waals surface area contributed by atoms with E-state index in [-0.39, 0.29) is 11.8 Å². The Labute approximate surface area is 124 Å². The highest BCUT2D eigenvalue weighted by molar-refractivity contribution is 5.94. The van der Waals surface area contributed by atoms with Crippen LogP contribution in [-0.2, 0) is 16.1 Å². The van der Waals surface area contributed by atoms with Gasteiger partial charge in [0.05, 0.1) is 13.2 Å². The maximum Gasteiger partial charge on any atom is 0.254 e. The van der Waals surface area contributed by atoms with Crippen LogP contribution in [0, 0.1) is 0 Å².